The molecule has 2 atom stereocenters. The third-order valence-electron chi connectivity index (χ3n) is 4.67. The summed E-state index contributed by atoms with van der Waals surface area (Å²) in [5.74, 6) is 4.33. The van der Waals surface area contributed by atoms with Gasteiger partial charge in [-0.15, -0.1) is 0 Å². The van der Waals surface area contributed by atoms with Crippen LogP contribution in [-0.4, -0.2) is 40.7 Å². The van der Waals surface area contributed by atoms with E-state index in [4.69, 9.17) is 11.1 Å². The first kappa shape index (κ1) is 19.4. The highest BCUT2D eigenvalue weighted by molar-refractivity contribution is 6.00. The molecule has 28 heavy (non-hydrogen) atoms. The normalized spacial score (nSPS) is 20.1. The number of primary amides is 1. The first-order valence-corrected chi connectivity index (χ1v) is 8.54. The van der Waals surface area contributed by atoms with Crippen LogP contribution in [0.1, 0.15) is 40.5 Å². The van der Waals surface area contributed by atoms with E-state index in [1.165, 1.54) is 23.7 Å². The van der Waals surface area contributed by atoms with Crippen LogP contribution in [0, 0.1) is 23.1 Å². The van der Waals surface area contributed by atoms with Gasteiger partial charge in [0.15, 0.2) is 5.69 Å². The molecule has 0 bridgehead atoms. The highest BCUT2D eigenvalue weighted by Gasteiger charge is 2.51. The van der Waals surface area contributed by atoms with Crippen LogP contribution in [0.5, 0.6) is 0 Å². The second-order valence-corrected chi connectivity index (χ2v) is 6.77. The summed E-state index contributed by atoms with van der Waals surface area (Å²) in [5.41, 5.74) is 4.83. The molecule has 0 saturated heterocycles. The molecule has 1 fully saturated rings. The number of halogens is 2. The third-order valence-corrected chi connectivity index (χ3v) is 4.67. The van der Waals surface area contributed by atoms with Crippen LogP contribution < -0.4 is 16.4 Å². The smallest absolute Gasteiger partial charge is 0.255 e. The van der Waals surface area contributed by atoms with Gasteiger partial charge < -0.3 is 21.8 Å². The molecular weight excluding hydrogens is 366 g/mol. The molecule has 1 heterocycles. The molecule has 0 aliphatic heterocycles. The Labute approximate surface area is 160 Å². The number of carbonyl (C=O) groups is 1. The van der Waals surface area contributed by atoms with Gasteiger partial charge in [0, 0.05) is 38.0 Å². The minimum atomic E-state index is -1.33. The van der Waals surface area contributed by atoms with Crippen molar-refractivity contribution in [1.82, 2.24) is 9.78 Å². The predicted molar refractivity (Wildman–Crippen MR) is 103 cm³/mol. The number of alkyl halides is 1. The highest BCUT2D eigenvalue weighted by Crippen LogP contribution is 2.42. The van der Waals surface area contributed by atoms with Gasteiger partial charge in [0.2, 0.25) is 0 Å². The molecule has 0 spiro atoms. The average Bonchev–Trinajstić information content (AvgIpc) is 3.08. The lowest BCUT2D eigenvalue weighted by atomic mass is 10.0. The van der Waals surface area contributed by atoms with E-state index in [0.717, 1.165) is 6.21 Å². The molecule has 1 aliphatic rings. The molecule has 2 aromatic rings. The van der Waals surface area contributed by atoms with E-state index in [1.807, 2.05) is 0 Å². The zero-order valence-electron chi connectivity index (χ0n) is 15.7. The van der Waals surface area contributed by atoms with Crippen LogP contribution in [-0.2, 0) is 7.05 Å². The Balaban J connectivity index is 2.05. The number of nitrogens with zero attached hydrogens (tertiary/aromatic N) is 2. The zero-order chi connectivity index (χ0) is 20.6. The number of aromatic nitrogens is 2. The number of hydrogen-bond acceptors (Lipinski definition) is 5. The monoisotopic (exact) mass is 386 g/mol. The third kappa shape index (κ3) is 3.41. The maximum atomic E-state index is 14.4. The van der Waals surface area contributed by atoms with Crippen molar-refractivity contribution in [3.63, 3.8) is 0 Å². The molecule has 1 saturated carbocycles. The number of benzene rings is 1. The largest absolute Gasteiger partial charge is 0.378 e. The summed E-state index contributed by atoms with van der Waals surface area (Å²) < 4.78 is 29.7. The van der Waals surface area contributed by atoms with Gasteiger partial charge in [0.05, 0.1) is 11.6 Å². The number of carbonyl (C=O) groups excluding carboxylic acids is 1. The van der Waals surface area contributed by atoms with Crippen molar-refractivity contribution in [1.29, 1.82) is 5.41 Å². The second kappa shape index (κ2) is 6.96. The number of anilines is 2. The number of rotatable bonds is 5. The predicted octanol–water partition coefficient (Wildman–Crippen LogP) is 2.01. The number of aryl methyl sites for hydroxylation is 1. The quantitative estimate of drug-likeness (QED) is 0.466. The van der Waals surface area contributed by atoms with Gasteiger partial charge in [-0.3, -0.25) is 9.48 Å². The minimum Gasteiger partial charge on any atom is -0.378 e. The fraction of sp³-hybridized carbons (Fsp3) is 0.316. The molecule has 7 nitrogen and oxygen atoms in total. The Kier molecular flexibility index (Phi) is 4.81. The standard InChI is InChI=1S/C19H20F2N6O/c1-19(21)8-15(19)25-13-7-5-12(20)10(11(13)9-22)4-6-14-16(17(23)28)18(24-2)27(3)26-14/h5,7,9,15,22,24-25H,8H2,1-3H3,(H2,23,28). The molecule has 1 aromatic heterocycles. The molecule has 146 valence electrons. The van der Waals surface area contributed by atoms with E-state index in [9.17, 15) is 13.6 Å². The topological polar surface area (TPSA) is 109 Å². The fourth-order valence-corrected chi connectivity index (χ4v) is 2.98. The van der Waals surface area contributed by atoms with Gasteiger partial charge in [-0.05, 0) is 25.0 Å². The van der Waals surface area contributed by atoms with Crippen molar-refractivity contribution in [2.24, 2.45) is 12.8 Å². The van der Waals surface area contributed by atoms with Crippen molar-refractivity contribution in [3.8, 4) is 11.8 Å². The van der Waals surface area contributed by atoms with Crippen LogP contribution in [0.15, 0.2) is 12.1 Å². The number of amides is 1. The van der Waals surface area contributed by atoms with Gasteiger partial charge in [-0.1, -0.05) is 5.92 Å². The minimum absolute atomic E-state index is 0.0479. The molecular formula is C19H20F2N6O. The zero-order valence-corrected chi connectivity index (χ0v) is 15.7. The molecule has 5 N–H and O–H groups in total. The average molecular weight is 386 g/mol. The van der Waals surface area contributed by atoms with E-state index >= 15 is 0 Å². The molecule has 1 aliphatic carbocycles. The van der Waals surface area contributed by atoms with Crippen LogP contribution in [0.4, 0.5) is 20.3 Å². The summed E-state index contributed by atoms with van der Waals surface area (Å²) in [6, 6.07) is 2.25. The van der Waals surface area contributed by atoms with Crippen LogP contribution >= 0.6 is 0 Å². The highest BCUT2D eigenvalue weighted by atomic mass is 19.1. The van der Waals surface area contributed by atoms with Crippen molar-refractivity contribution >= 4 is 23.6 Å². The van der Waals surface area contributed by atoms with Gasteiger partial charge >= 0.3 is 0 Å². The first-order chi connectivity index (χ1) is 13.2. The summed E-state index contributed by atoms with van der Waals surface area (Å²) in [6.45, 7) is 1.48. The molecule has 0 radical (unpaired) electrons. The lowest BCUT2D eigenvalue weighted by Gasteiger charge is -2.11. The summed E-state index contributed by atoms with van der Waals surface area (Å²) in [7, 11) is 3.22. The van der Waals surface area contributed by atoms with Crippen LogP contribution in [0.2, 0.25) is 0 Å². The molecule has 1 aromatic carbocycles. The molecule has 3 rings (SSSR count). The van der Waals surface area contributed by atoms with Gasteiger partial charge in [-0.2, -0.15) is 5.10 Å². The Hall–Kier alpha value is -3.41. The Morgan fingerprint density at radius 2 is 2.18 bits per heavy atom. The van der Waals surface area contributed by atoms with Crippen molar-refractivity contribution < 1.29 is 13.6 Å². The van der Waals surface area contributed by atoms with Crippen molar-refractivity contribution in [3.05, 3.63) is 40.3 Å². The van der Waals surface area contributed by atoms with Gasteiger partial charge in [0.25, 0.3) is 5.91 Å². The van der Waals surface area contributed by atoms with Crippen molar-refractivity contribution in [2.75, 3.05) is 17.7 Å². The van der Waals surface area contributed by atoms with Crippen molar-refractivity contribution in [2.45, 2.75) is 25.1 Å². The fourth-order valence-electron chi connectivity index (χ4n) is 2.98. The van der Waals surface area contributed by atoms with Crippen LogP contribution in [0.25, 0.3) is 0 Å². The van der Waals surface area contributed by atoms with E-state index in [2.05, 4.69) is 27.6 Å². The summed E-state index contributed by atoms with van der Waals surface area (Å²) in [6.07, 6.45) is 1.30. The Morgan fingerprint density at radius 1 is 1.50 bits per heavy atom. The maximum absolute atomic E-state index is 14.4. The number of hydrogen-bond donors (Lipinski definition) is 4. The Bertz CT molecular complexity index is 1030. The lowest BCUT2D eigenvalue weighted by Crippen LogP contribution is -2.14. The summed E-state index contributed by atoms with van der Waals surface area (Å²) in [4.78, 5) is 11.8. The molecule has 1 amide bonds. The van der Waals surface area contributed by atoms with Crippen LogP contribution in [0.3, 0.4) is 0 Å². The van der Waals surface area contributed by atoms with E-state index in [0.29, 0.717) is 17.9 Å². The number of nitrogens with one attached hydrogen (secondary N) is 3. The van der Waals surface area contributed by atoms with E-state index in [-0.39, 0.29) is 22.4 Å². The SMILES string of the molecule is CNc1c(C(N)=O)c(C#Cc2c(F)ccc(NC3CC3(C)F)c2C=N)nn1C. The van der Waals surface area contributed by atoms with E-state index < -0.39 is 23.4 Å². The molecule has 2 unspecified atom stereocenters. The maximum Gasteiger partial charge on any atom is 0.255 e. The lowest BCUT2D eigenvalue weighted by molar-refractivity contribution is 0.100. The molecule has 9 heteroatoms. The number of nitrogens with two attached hydrogens (primary N) is 1. The Morgan fingerprint density at radius 3 is 2.71 bits per heavy atom. The first-order valence-electron chi connectivity index (χ1n) is 8.54. The summed E-state index contributed by atoms with van der Waals surface area (Å²) >= 11 is 0. The van der Waals surface area contributed by atoms with E-state index in [1.54, 1.807) is 14.1 Å². The van der Waals surface area contributed by atoms with Gasteiger partial charge in [0.1, 0.15) is 22.9 Å². The van der Waals surface area contributed by atoms with Gasteiger partial charge in [-0.25, -0.2) is 8.78 Å². The summed E-state index contributed by atoms with van der Waals surface area (Å²) in [5, 5.41) is 17.6. The second-order valence-electron chi connectivity index (χ2n) is 6.77.